The summed E-state index contributed by atoms with van der Waals surface area (Å²) in [6, 6.07) is 7.01. The van der Waals surface area contributed by atoms with Crippen LogP contribution in [0.15, 0.2) is 24.3 Å². The standard InChI is InChI=1S/C32H49N5O5S/c1-32(21-38,33-2)20-34-29(23-11-5-4-6-12-23)31(40)36-17-16-27-30(36)24(19-37(27)43(3,41)42)18-28(39)35-26-15-9-13-22-10-7-8-14-25(22)26/h7-8,10,14,21,23-24,26-27,29-30,33-34H,4-6,9,11-13,15-20H2,1-3H3,(H,35,39). The number of carbonyl (C=O) groups is 3. The lowest BCUT2D eigenvalue weighted by Crippen LogP contribution is -2.59. The van der Waals surface area contributed by atoms with Crippen LogP contribution in [0, 0.1) is 11.8 Å². The molecule has 3 N–H and O–H groups in total. The summed E-state index contributed by atoms with van der Waals surface area (Å²) in [7, 11) is -1.78. The van der Waals surface area contributed by atoms with Crippen LogP contribution < -0.4 is 16.0 Å². The molecule has 0 aromatic heterocycles. The smallest absolute Gasteiger partial charge is 0.240 e. The van der Waals surface area contributed by atoms with Crippen LogP contribution in [0.3, 0.4) is 0 Å². The van der Waals surface area contributed by atoms with E-state index >= 15 is 0 Å². The number of aldehydes is 1. The van der Waals surface area contributed by atoms with E-state index < -0.39 is 21.6 Å². The van der Waals surface area contributed by atoms with Gasteiger partial charge in [0.25, 0.3) is 0 Å². The van der Waals surface area contributed by atoms with Crippen molar-refractivity contribution in [3.05, 3.63) is 35.4 Å². The topological polar surface area (TPSA) is 128 Å². The Bertz CT molecular complexity index is 1280. The molecule has 2 heterocycles. The molecule has 0 radical (unpaired) electrons. The highest BCUT2D eigenvalue weighted by Gasteiger charge is 2.54. The van der Waals surface area contributed by atoms with Crippen LogP contribution in [0.4, 0.5) is 0 Å². The Labute approximate surface area is 256 Å². The molecule has 3 fully saturated rings. The van der Waals surface area contributed by atoms with Gasteiger partial charge in [0.05, 0.1) is 29.9 Å². The molecule has 6 unspecified atom stereocenters. The molecule has 0 spiro atoms. The van der Waals surface area contributed by atoms with Crippen LogP contribution in [0.2, 0.25) is 0 Å². The van der Waals surface area contributed by atoms with E-state index in [1.54, 1.807) is 7.05 Å². The van der Waals surface area contributed by atoms with Gasteiger partial charge in [-0.25, -0.2) is 8.42 Å². The summed E-state index contributed by atoms with van der Waals surface area (Å²) < 4.78 is 27.3. The molecule has 10 nitrogen and oxygen atoms in total. The summed E-state index contributed by atoms with van der Waals surface area (Å²) in [5.74, 6) is -0.285. The van der Waals surface area contributed by atoms with E-state index in [4.69, 9.17) is 0 Å². The zero-order valence-electron chi connectivity index (χ0n) is 25.9. The van der Waals surface area contributed by atoms with Crippen molar-refractivity contribution in [2.24, 2.45) is 11.8 Å². The fourth-order valence-electron chi connectivity index (χ4n) is 7.99. The van der Waals surface area contributed by atoms with Gasteiger partial charge in [-0.1, -0.05) is 43.5 Å². The first-order valence-corrected chi connectivity index (χ1v) is 17.9. The molecule has 43 heavy (non-hydrogen) atoms. The first kappa shape index (κ1) is 32.1. The maximum atomic E-state index is 14.4. The molecule has 0 bridgehead atoms. The fourth-order valence-corrected chi connectivity index (χ4v) is 9.17. The first-order valence-electron chi connectivity index (χ1n) is 16.1. The highest BCUT2D eigenvalue weighted by molar-refractivity contribution is 7.88. The third kappa shape index (κ3) is 7.00. The number of fused-ring (bicyclic) bond motifs is 2. The number of benzene rings is 1. The van der Waals surface area contributed by atoms with Gasteiger partial charge in [-0.3, -0.25) is 9.59 Å². The molecule has 6 atom stereocenters. The van der Waals surface area contributed by atoms with E-state index in [0.29, 0.717) is 19.5 Å². The van der Waals surface area contributed by atoms with Gasteiger partial charge in [0.15, 0.2) is 0 Å². The van der Waals surface area contributed by atoms with Crippen molar-refractivity contribution in [3.8, 4) is 0 Å². The van der Waals surface area contributed by atoms with E-state index in [1.807, 2.05) is 24.0 Å². The molecule has 2 amide bonds. The number of likely N-dealkylation sites (tertiary alicyclic amines) is 1. The van der Waals surface area contributed by atoms with Crippen molar-refractivity contribution in [1.82, 2.24) is 25.2 Å². The lowest BCUT2D eigenvalue weighted by atomic mass is 9.82. The average Bonchev–Trinajstić information content (AvgIpc) is 3.59. The molecule has 1 aromatic carbocycles. The van der Waals surface area contributed by atoms with Gasteiger partial charge in [-0.2, -0.15) is 4.31 Å². The number of aryl methyl sites for hydroxylation is 1. The lowest BCUT2D eigenvalue weighted by molar-refractivity contribution is -0.137. The predicted molar refractivity (Wildman–Crippen MR) is 166 cm³/mol. The molecule has 238 valence electrons. The molecule has 2 aliphatic carbocycles. The van der Waals surface area contributed by atoms with Crippen LogP contribution in [0.1, 0.15) is 81.9 Å². The maximum Gasteiger partial charge on any atom is 0.240 e. The van der Waals surface area contributed by atoms with Gasteiger partial charge in [0.2, 0.25) is 21.8 Å². The summed E-state index contributed by atoms with van der Waals surface area (Å²) in [4.78, 5) is 41.6. The van der Waals surface area contributed by atoms with Gasteiger partial charge in [-0.15, -0.1) is 0 Å². The third-order valence-electron chi connectivity index (χ3n) is 10.5. The molecular formula is C32H49N5O5S. The van der Waals surface area contributed by atoms with Crippen molar-refractivity contribution in [2.75, 3.05) is 32.9 Å². The van der Waals surface area contributed by atoms with Crippen LogP contribution >= 0.6 is 0 Å². The zero-order valence-corrected chi connectivity index (χ0v) is 26.7. The molecule has 5 rings (SSSR count). The Morgan fingerprint density at radius 3 is 2.53 bits per heavy atom. The lowest BCUT2D eigenvalue weighted by Gasteiger charge is -2.37. The van der Waals surface area contributed by atoms with E-state index in [0.717, 1.165) is 63.2 Å². The summed E-state index contributed by atoms with van der Waals surface area (Å²) in [6.45, 7) is 2.81. The molecule has 11 heteroatoms. The number of sulfonamides is 1. The van der Waals surface area contributed by atoms with Crippen molar-refractivity contribution >= 4 is 28.1 Å². The molecule has 2 saturated heterocycles. The normalized spacial score (nSPS) is 28.5. The SMILES string of the molecule is CNC(C)(C=O)CNC(C(=O)N1CCC2C1C(CC(=O)NC1CCCc3ccccc31)CN2S(C)(=O)=O)C1CCCCC1. The highest BCUT2D eigenvalue weighted by Crippen LogP contribution is 2.40. The minimum atomic E-state index is -3.52. The summed E-state index contributed by atoms with van der Waals surface area (Å²) >= 11 is 0. The summed E-state index contributed by atoms with van der Waals surface area (Å²) in [5.41, 5.74) is 1.62. The molecular weight excluding hydrogens is 566 g/mol. The van der Waals surface area contributed by atoms with Gasteiger partial charge in [0, 0.05) is 38.0 Å². The van der Waals surface area contributed by atoms with Crippen LogP contribution in [-0.4, -0.2) is 92.3 Å². The number of rotatable bonds is 11. The van der Waals surface area contributed by atoms with Crippen molar-refractivity contribution < 1.29 is 22.8 Å². The third-order valence-corrected chi connectivity index (χ3v) is 11.7. The van der Waals surface area contributed by atoms with Crippen LogP contribution in [-0.2, 0) is 30.8 Å². The number of nitrogens with zero attached hydrogens (tertiary/aromatic N) is 2. The fraction of sp³-hybridized carbons (Fsp3) is 0.719. The van der Waals surface area contributed by atoms with E-state index in [-0.39, 0.29) is 54.7 Å². The van der Waals surface area contributed by atoms with Gasteiger partial charge < -0.3 is 25.6 Å². The Hall–Kier alpha value is -2.34. The minimum Gasteiger partial charge on any atom is -0.349 e. The Kier molecular flexibility index (Phi) is 9.95. The second-order valence-corrected chi connectivity index (χ2v) is 15.4. The Morgan fingerprint density at radius 1 is 1.09 bits per heavy atom. The second-order valence-electron chi connectivity index (χ2n) is 13.4. The Balaban J connectivity index is 1.36. The van der Waals surface area contributed by atoms with Crippen molar-refractivity contribution in [1.29, 1.82) is 0 Å². The zero-order chi connectivity index (χ0) is 30.8. The highest BCUT2D eigenvalue weighted by atomic mass is 32.2. The van der Waals surface area contributed by atoms with Crippen molar-refractivity contribution in [2.45, 2.75) is 101 Å². The molecule has 4 aliphatic rings. The largest absolute Gasteiger partial charge is 0.349 e. The van der Waals surface area contributed by atoms with Crippen LogP contribution in [0.5, 0.6) is 0 Å². The molecule has 2 aliphatic heterocycles. The number of likely N-dealkylation sites (N-methyl/N-ethyl adjacent to an activating group) is 1. The van der Waals surface area contributed by atoms with Gasteiger partial charge in [0.1, 0.15) is 6.29 Å². The van der Waals surface area contributed by atoms with E-state index in [1.165, 1.54) is 16.1 Å². The minimum absolute atomic E-state index is 0.0364. The summed E-state index contributed by atoms with van der Waals surface area (Å²) in [6.07, 6.45) is 10.9. The maximum absolute atomic E-state index is 14.4. The molecule has 1 saturated carbocycles. The predicted octanol–water partition coefficient (Wildman–Crippen LogP) is 2.15. The number of hydrogen-bond acceptors (Lipinski definition) is 7. The number of hydrogen-bond donors (Lipinski definition) is 3. The Morgan fingerprint density at radius 2 is 1.84 bits per heavy atom. The summed E-state index contributed by atoms with van der Waals surface area (Å²) in [5, 5.41) is 9.74. The van der Waals surface area contributed by atoms with E-state index in [2.05, 4.69) is 28.1 Å². The van der Waals surface area contributed by atoms with Gasteiger partial charge in [-0.05, 0) is 69.5 Å². The molecule has 1 aromatic rings. The quantitative estimate of drug-likeness (QED) is 0.326. The van der Waals surface area contributed by atoms with Crippen LogP contribution in [0.25, 0.3) is 0 Å². The number of nitrogens with one attached hydrogen (secondary N) is 3. The van der Waals surface area contributed by atoms with Crippen molar-refractivity contribution in [3.63, 3.8) is 0 Å². The number of carbonyl (C=O) groups excluding carboxylic acids is 3. The van der Waals surface area contributed by atoms with Gasteiger partial charge >= 0.3 is 0 Å². The monoisotopic (exact) mass is 615 g/mol. The van der Waals surface area contributed by atoms with E-state index in [9.17, 15) is 22.8 Å². The second kappa shape index (κ2) is 13.3. The first-order chi connectivity index (χ1) is 20.5. The number of amides is 2. The average molecular weight is 616 g/mol.